The van der Waals surface area contributed by atoms with Gasteiger partial charge in [0.15, 0.2) is 0 Å². The molecule has 3 atom stereocenters. The fraction of sp³-hybridized carbons (Fsp3) is 0.429. The van der Waals surface area contributed by atoms with Crippen LogP contribution in [-0.4, -0.2) is 10.2 Å². The van der Waals surface area contributed by atoms with Gasteiger partial charge in [0.05, 0.1) is 0 Å². The molecule has 2 aliphatic rings. The molecule has 1 fully saturated rings. The van der Waals surface area contributed by atoms with E-state index in [2.05, 4.69) is 34.5 Å². The van der Waals surface area contributed by atoms with E-state index in [-0.39, 0.29) is 0 Å². The molecule has 0 spiro atoms. The van der Waals surface area contributed by atoms with Crippen molar-refractivity contribution in [1.82, 2.24) is 10.2 Å². The lowest BCUT2D eigenvalue weighted by Gasteiger charge is -2.13. The van der Waals surface area contributed by atoms with E-state index in [9.17, 15) is 0 Å². The fourth-order valence-electron chi connectivity index (χ4n) is 3.39. The molecule has 0 saturated heterocycles. The monoisotopic (exact) mass is 257 g/mol. The number of benzene rings is 1. The molecule has 2 aliphatic carbocycles. The smallest absolute Gasteiger partial charge is 0.131 e. The maximum absolute atomic E-state index is 5.61. The van der Waals surface area contributed by atoms with Crippen molar-refractivity contribution in [1.29, 1.82) is 0 Å². The largest absolute Gasteiger partial charge is 0.324 e. The molecule has 1 aromatic heterocycles. The van der Waals surface area contributed by atoms with Crippen LogP contribution in [0.25, 0.3) is 0 Å². The van der Waals surface area contributed by atoms with Gasteiger partial charge in [-0.25, -0.2) is 0 Å². The van der Waals surface area contributed by atoms with Gasteiger partial charge in [-0.15, -0.1) is 10.2 Å². The van der Waals surface area contributed by atoms with E-state index in [1.54, 1.807) is 16.9 Å². The average Bonchev–Trinajstić information content (AvgIpc) is 2.98. The van der Waals surface area contributed by atoms with E-state index in [4.69, 9.17) is 5.73 Å². The Balaban J connectivity index is 1.68. The van der Waals surface area contributed by atoms with Crippen LogP contribution >= 0.6 is 11.3 Å². The molecule has 3 unspecified atom stereocenters. The van der Waals surface area contributed by atoms with Gasteiger partial charge in [0.1, 0.15) is 10.0 Å². The number of aromatic nitrogens is 2. The van der Waals surface area contributed by atoms with Crippen LogP contribution in [-0.2, 0) is 13.0 Å². The first-order chi connectivity index (χ1) is 8.88. The van der Waals surface area contributed by atoms with Crippen molar-refractivity contribution in [3.05, 3.63) is 45.4 Å². The quantitative estimate of drug-likeness (QED) is 0.899. The number of hydrogen-bond acceptors (Lipinski definition) is 4. The van der Waals surface area contributed by atoms with Gasteiger partial charge in [0.2, 0.25) is 0 Å². The Hall–Kier alpha value is -1.26. The number of hydrogen-bond donors (Lipinski definition) is 1. The van der Waals surface area contributed by atoms with Crippen LogP contribution in [0.5, 0.6) is 0 Å². The molecule has 0 bridgehead atoms. The molecular weight excluding hydrogens is 242 g/mol. The first kappa shape index (κ1) is 10.6. The van der Waals surface area contributed by atoms with Crippen LogP contribution < -0.4 is 5.73 Å². The predicted molar refractivity (Wildman–Crippen MR) is 71.5 cm³/mol. The minimum absolute atomic E-state index is 0.510. The molecule has 0 amide bonds. The number of nitrogens with two attached hydrogens (primary N) is 1. The minimum Gasteiger partial charge on any atom is -0.324 e. The van der Waals surface area contributed by atoms with E-state index in [1.807, 2.05) is 0 Å². The summed E-state index contributed by atoms with van der Waals surface area (Å²) in [5.41, 5.74) is 8.69. The molecule has 4 rings (SSSR count). The summed E-state index contributed by atoms with van der Waals surface area (Å²) in [6.07, 6.45) is 2.51. The number of nitrogens with zero attached hydrogens (tertiary/aromatic N) is 2. The zero-order valence-electron chi connectivity index (χ0n) is 10.0. The lowest BCUT2D eigenvalue weighted by molar-refractivity contribution is 0.658. The van der Waals surface area contributed by atoms with E-state index in [1.165, 1.54) is 23.4 Å². The summed E-state index contributed by atoms with van der Waals surface area (Å²) in [7, 11) is 0. The van der Waals surface area contributed by atoms with Gasteiger partial charge >= 0.3 is 0 Å². The van der Waals surface area contributed by atoms with Crippen molar-refractivity contribution in [3.63, 3.8) is 0 Å². The van der Waals surface area contributed by atoms with Crippen molar-refractivity contribution in [2.24, 2.45) is 11.7 Å². The highest BCUT2D eigenvalue weighted by Gasteiger charge is 2.55. The highest BCUT2D eigenvalue weighted by molar-refractivity contribution is 7.11. The highest BCUT2D eigenvalue weighted by atomic mass is 32.1. The zero-order chi connectivity index (χ0) is 12.1. The van der Waals surface area contributed by atoms with Crippen molar-refractivity contribution in [2.75, 3.05) is 0 Å². The lowest BCUT2D eigenvalue weighted by Crippen LogP contribution is -2.00. The normalized spacial score (nSPS) is 28.6. The van der Waals surface area contributed by atoms with Gasteiger partial charge in [-0.3, -0.25) is 0 Å². The van der Waals surface area contributed by atoms with E-state index >= 15 is 0 Å². The summed E-state index contributed by atoms with van der Waals surface area (Å²) in [6, 6.07) is 8.86. The summed E-state index contributed by atoms with van der Waals surface area (Å²) in [4.78, 5) is 0. The standard InChI is InChI=1S/C14H15N3S/c15-7-11-16-17-14(18-11)13-10-6-5-8-3-1-2-4-9(8)12(10)13/h1-4,10,12-13H,5-7,15H2. The van der Waals surface area contributed by atoms with Gasteiger partial charge in [0, 0.05) is 12.5 Å². The van der Waals surface area contributed by atoms with Crippen LogP contribution in [0.2, 0.25) is 0 Å². The van der Waals surface area contributed by atoms with Crippen LogP contribution in [0.15, 0.2) is 24.3 Å². The molecule has 1 aromatic carbocycles. The maximum Gasteiger partial charge on any atom is 0.131 e. The summed E-state index contributed by atoms with van der Waals surface area (Å²) in [5, 5.41) is 10.6. The van der Waals surface area contributed by atoms with E-state index < -0.39 is 0 Å². The van der Waals surface area contributed by atoms with Crippen LogP contribution in [0.1, 0.15) is 39.4 Å². The van der Waals surface area contributed by atoms with Gasteiger partial charge in [-0.2, -0.15) is 0 Å². The molecule has 2 aromatic rings. The van der Waals surface area contributed by atoms with Crippen molar-refractivity contribution in [2.45, 2.75) is 31.2 Å². The number of rotatable bonds is 2. The van der Waals surface area contributed by atoms with Gasteiger partial charge < -0.3 is 5.73 Å². The molecule has 0 radical (unpaired) electrons. The first-order valence-corrected chi connectivity index (χ1v) is 7.30. The third-order valence-corrected chi connectivity index (χ3v) is 5.32. The molecule has 3 nitrogen and oxygen atoms in total. The van der Waals surface area contributed by atoms with E-state index in [0.29, 0.717) is 18.4 Å². The molecule has 2 N–H and O–H groups in total. The molecular formula is C14H15N3S. The van der Waals surface area contributed by atoms with Crippen molar-refractivity contribution in [3.8, 4) is 0 Å². The molecule has 0 aliphatic heterocycles. The summed E-state index contributed by atoms with van der Waals surface area (Å²) in [5.74, 6) is 2.08. The minimum atomic E-state index is 0.510. The Kier molecular flexibility index (Phi) is 2.29. The Morgan fingerprint density at radius 2 is 2.11 bits per heavy atom. The second-order valence-electron chi connectivity index (χ2n) is 5.19. The summed E-state index contributed by atoms with van der Waals surface area (Å²) < 4.78 is 0. The third kappa shape index (κ3) is 1.45. The SMILES string of the molecule is NCc1nnc(C2C3CCc4ccccc4C32)s1. The number of fused-ring (bicyclic) bond motifs is 3. The second kappa shape index (κ2) is 3.87. The average molecular weight is 257 g/mol. The van der Waals surface area contributed by atoms with Gasteiger partial charge in [0.25, 0.3) is 0 Å². The van der Waals surface area contributed by atoms with Gasteiger partial charge in [-0.1, -0.05) is 35.6 Å². The maximum atomic E-state index is 5.61. The predicted octanol–water partition coefficient (Wildman–Crippen LogP) is 2.44. The molecule has 4 heteroatoms. The second-order valence-corrected chi connectivity index (χ2v) is 6.28. The summed E-state index contributed by atoms with van der Waals surface area (Å²) >= 11 is 1.70. The Bertz CT molecular complexity index is 592. The third-order valence-electron chi connectivity index (χ3n) is 4.27. The molecule has 1 saturated carbocycles. The Labute approximate surface area is 110 Å². The van der Waals surface area contributed by atoms with Crippen LogP contribution in [0.4, 0.5) is 0 Å². The van der Waals surface area contributed by atoms with Crippen molar-refractivity contribution >= 4 is 11.3 Å². The zero-order valence-corrected chi connectivity index (χ0v) is 10.9. The molecule has 1 heterocycles. The highest BCUT2D eigenvalue weighted by Crippen LogP contribution is 2.65. The molecule has 18 heavy (non-hydrogen) atoms. The first-order valence-electron chi connectivity index (χ1n) is 6.48. The fourth-order valence-corrected chi connectivity index (χ4v) is 4.33. The van der Waals surface area contributed by atoms with Gasteiger partial charge in [-0.05, 0) is 35.8 Å². The van der Waals surface area contributed by atoms with Crippen LogP contribution in [0.3, 0.4) is 0 Å². The number of aryl methyl sites for hydroxylation is 1. The van der Waals surface area contributed by atoms with Crippen molar-refractivity contribution < 1.29 is 0 Å². The van der Waals surface area contributed by atoms with E-state index in [0.717, 1.165) is 10.9 Å². The Morgan fingerprint density at radius 1 is 1.22 bits per heavy atom. The Morgan fingerprint density at radius 3 is 2.94 bits per heavy atom. The van der Waals surface area contributed by atoms with Crippen LogP contribution in [0, 0.1) is 5.92 Å². The lowest BCUT2D eigenvalue weighted by atomic mass is 9.92. The summed E-state index contributed by atoms with van der Waals surface area (Å²) in [6.45, 7) is 0.510. The molecule has 92 valence electrons. The topological polar surface area (TPSA) is 51.8 Å².